The molecule has 2 aliphatic rings. The summed E-state index contributed by atoms with van der Waals surface area (Å²) in [6.45, 7) is 8.04. The molecule has 2 heteroatoms. The summed E-state index contributed by atoms with van der Waals surface area (Å²) in [4.78, 5) is 0. The van der Waals surface area contributed by atoms with E-state index in [-0.39, 0.29) is 17.6 Å². The number of rotatable bonds is 5. The number of aryl methyl sites for hydroxylation is 1. The van der Waals surface area contributed by atoms with Crippen molar-refractivity contribution in [2.45, 2.75) is 51.6 Å². The van der Waals surface area contributed by atoms with Gasteiger partial charge in [0.15, 0.2) is 0 Å². The summed E-state index contributed by atoms with van der Waals surface area (Å²) in [5.41, 5.74) is 3.08. The van der Waals surface area contributed by atoms with Crippen molar-refractivity contribution in [3.8, 4) is 0 Å². The van der Waals surface area contributed by atoms with Gasteiger partial charge in [0.25, 0.3) is 0 Å². The molecule has 0 aromatic heterocycles. The molecule has 0 amide bonds. The van der Waals surface area contributed by atoms with Crippen LogP contribution >= 0.6 is 0 Å². The van der Waals surface area contributed by atoms with Gasteiger partial charge < -0.3 is 10.2 Å². The summed E-state index contributed by atoms with van der Waals surface area (Å²) in [7, 11) is 0. The minimum absolute atomic E-state index is 0.147. The summed E-state index contributed by atoms with van der Waals surface area (Å²) in [6, 6.07) is 10.3. The number of aliphatic hydroxyl groups excluding tert-OH is 1. The first kappa shape index (κ1) is 18.7. The Morgan fingerprint density at radius 3 is 2.62 bits per heavy atom. The van der Waals surface area contributed by atoms with Crippen LogP contribution in [0.15, 0.2) is 77.6 Å². The van der Waals surface area contributed by atoms with E-state index in [9.17, 15) is 10.2 Å². The topological polar surface area (TPSA) is 40.5 Å². The normalized spacial score (nSPS) is 28.8. The lowest BCUT2D eigenvalue weighted by molar-refractivity contribution is 0.0328. The lowest BCUT2D eigenvalue weighted by Gasteiger charge is -2.42. The largest absolute Gasteiger partial charge is 0.512 e. The predicted molar refractivity (Wildman–Crippen MR) is 108 cm³/mol. The average Bonchev–Trinajstić information content (AvgIpc) is 2.60. The molecule has 0 spiro atoms. The van der Waals surface area contributed by atoms with E-state index in [0.29, 0.717) is 5.57 Å². The average molecular weight is 351 g/mol. The predicted octanol–water partition coefficient (Wildman–Crippen LogP) is 5.67. The molecular weight excluding hydrogens is 320 g/mol. The molecule has 2 nitrogen and oxygen atoms in total. The van der Waals surface area contributed by atoms with Crippen molar-refractivity contribution in [3.63, 3.8) is 0 Å². The lowest BCUT2D eigenvalue weighted by Crippen LogP contribution is -2.44. The molecular formula is C24H30O2. The zero-order valence-electron chi connectivity index (χ0n) is 15.9. The highest BCUT2D eigenvalue weighted by molar-refractivity contribution is 5.41. The number of benzene rings is 1. The molecule has 2 unspecified atom stereocenters. The molecule has 1 aromatic carbocycles. The first-order chi connectivity index (χ1) is 12.4. The molecule has 3 rings (SSSR count). The van der Waals surface area contributed by atoms with Crippen LogP contribution in [0.1, 0.15) is 45.1 Å². The van der Waals surface area contributed by atoms with Crippen molar-refractivity contribution in [2.75, 3.05) is 0 Å². The molecule has 0 saturated heterocycles. The van der Waals surface area contributed by atoms with E-state index in [0.717, 1.165) is 37.7 Å². The molecule has 2 aliphatic carbocycles. The van der Waals surface area contributed by atoms with Gasteiger partial charge in [-0.15, -0.1) is 0 Å². The van der Waals surface area contributed by atoms with E-state index in [1.807, 2.05) is 37.3 Å². The van der Waals surface area contributed by atoms with E-state index < -0.39 is 5.60 Å². The van der Waals surface area contributed by atoms with Crippen LogP contribution in [-0.4, -0.2) is 15.8 Å². The Bertz CT molecular complexity index is 754. The second kappa shape index (κ2) is 7.67. The van der Waals surface area contributed by atoms with Gasteiger partial charge in [-0.25, -0.2) is 0 Å². The summed E-state index contributed by atoms with van der Waals surface area (Å²) in [6.07, 6.45) is 10.9. The first-order valence-corrected chi connectivity index (χ1v) is 9.62. The molecule has 2 N–H and O–H groups in total. The smallest absolute Gasteiger partial charge is 0.114 e. The minimum Gasteiger partial charge on any atom is -0.512 e. The Labute approximate surface area is 157 Å². The third kappa shape index (κ3) is 3.86. The van der Waals surface area contributed by atoms with Crippen LogP contribution in [0.25, 0.3) is 0 Å². The van der Waals surface area contributed by atoms with Crippen LogP contribution in [0.3, 0.4) is 0 Å². The molecule has 0 bridgehead atoms. The van der Waals surface area contributed by atoms with Crippen molar-refractivity contribution in [2.24, 2.45) is 11.8 Å². The number of allylic oxidation sites excluding steroid dienone is 4. The summed E-state index contributed by atoms with van der Waals surface area (Å²) in [5.74, 6) is 0.0985. The molecule has 3 atom stereocenters. The van der Waals surface area contributed by atoms with Crippen LogP contribution in [0, 0.1) is 11.8 Å². The zero-order valence-corrected chi connectivity index (χ0v) is 15.9. The van der Waals surface area contributed by atoms with Crippen LogP contribution in [0.2, 0.25) is 0 Å². The molecule has 0 heterocycles. The molecule has 1 aromatic rings. The minimum atomic E-state index is -1.19. The molecule has 26 heavy (non-hydrogen) atoms. The monoisotopic (exact) mass is 350 g/mol. The fraction of sp³-hybridized carbons (Fsp3) is 0.417. The van der Waals surface area contributed by atoms with Gasteiger partial charge >= 0.3 is 0 Å². The zero-order chi connectivity index (χ0) is 18.7. The maximum Gasteiger partial charge on any atom is 0.114 e. The Morgan fingerprint density at radius 2 is 1.96 bits per heavy atom. The Kier molecular flexibility index (Phi) is 5.52. The van der Waals surface area contributed by atoms with Gasteiger partial charge in [0.05, 0.1) is 11.7 Å². The quantitative estimate of drug-likeness (QED) is 0.672. The lowest BCUT2D eigenvalue weighted by atomic mass is 9.67. The molecule has 0 fully saturated rings. The standard InChI is InChI=1S/C24H30O2/c1-17(2)24(26)16-20(13-12-19-9-5-4-6-10-19)15-22(25)23(24)21-11-7-8-18(3)14-21/h4-6,9-10,14-16,21,23,25-26H,1,7-8,11-13H2,2-3H3/t21?,23-,24?/m0/s1. The Balaban J connectivity index is 1.86. The van der Waals surface area contributed by atoms with Crippen molar-refractivity contribution < 1.29 is 10.2 Å². The SMILES string of the molecule is C=C(C)C1(O)C=C(CCc2ccccc2)C=C(O)[C@@H]1C1C=C(C)CCC1. The summed E-state index contributed by atoms with van der Waals surface area (Å²) in [5, 5.41) is 22.3. The highest BCUT2D eigenvalue weighted by Crippen LogP contribution is 2.45. The fourth-order valence-electron chi connectivity index (χ4n) is 4.34. The van der Waals surface area contributed by atoms with Gasteiger partial charge in [0.2, 0.25) is 0 Å². The third-order valence-electron chi connectivity index (χ3n) is 5.80. The van der Waals surface area contributed by atoms with Gasteiger partial charge in [-0.3, -0.25) is 0 Å². The Morgan fingerprint density at radius 1 is 1.23 bits per heavy atom. The van der Waals surface area contributed by atoms with Crippen molar-refractivity contribution >= 4 is 0 Å². The van der Waals surface area contributed by atoms with Gasteiger partial charge in [-0.2, -0.15) is 0 Å². The number of hydrogen-bond acceptors (Lipinski definition) is 2. The first-order valence-electron chi connectivity index (χ1n) is 9.62. The van der Waals surface area contributed by atoms with E-state index >= 15 is 0 Å². The van der Waals surface area contributed by atoms with Gasteiger partial charge in [-0.1, -0.05) is 48.6 Å². The highest BCUT2D eigenvalue weighted by atomic mass is 16.3. The maximum atomic E-state index is 11.5. The number of hydrogen-bond donors (Lipinski definition) is 2. The fourth-order valence-corrected chi connectivity index (χ4v) is 4.34. The van der Waals surface area contributed by atoms with Crippen LogP contribution in [0.4, 0.5) is 0 Å². The highest BCUT2D eigenvalue weighted by Gasteiger charge is 2.45. The molecule has 138 valence electrons. The van der Waals surface area contributed by atoms with Gasteiger partial charge in [0.1, 0.15) is 5.60 Å². The van der Waals surface area contributed by atoms with E-state index in [2.05, 4.69) is 31.7 Å². The van der Waals surface area contributed by atoms with Crippen LogP contribution in [0.5, 0.6) is 0 Å². The van der Waals surface area contributed by atoms with Crippen molar-refractivity contribution in [1.29, 1.82) is 0 Å². The van der Waals surface area contributed by atoms with Gasteiger partial charge in [0, 0.05) is 0 Å². The molecule has 0 aliphatic heterocycles. The summed E-state index contributed by atoms with van der Waals surface area (Å²) < 4.78 is 0. The molecule has 0 radical (unpaired) electrons. The summed E-state index contributed by atoms with van der Waals surface area (Å²) >= 11 is 0. The molecule has 0 saturated carbocycles. The van der Waals surface area contributed by atoms with Crippen LogP contribution < -0.4 is 0 Å². The maximum absolute atomic E-state index is 11.5. The van der Waals surface area contributed by atoms with Crippen molar-refractivity contribution in [3.05, 3.63) is 83.2 Å². The van der Waals surface area contributed by atoms with Crippen LogP contribution in [-0.2, 0) is 6.42 Å². The Hall–Kier alpha value is -2.06. The van der Waals surface area contributed by atoms with E-state index in [4.69, 9.17) is 0 Å². The van der Waals surface area contributed by atoms with Crippen molar-refractivity contribution in [1.82, 2.24) is 0 Å². The van der Waals surface area contributed by atoms with E-state index in [1.54, 1.807) is 0 Å². The second-order valence-corrected chi connectivity index (χ2v) is 7.93. The number of aliphatic hydroxyl groups is 2. The third-order valence-corrected chi connectivity index (χ3v) is 5.80. The van der Waals surface area contributed by atoms with E-state index in [1.165, 1.54) is 11.1 Å². The second-order valence-electron chi connectivity index (χ2n) is 7.93. The van der Waals surface area contributed by atoms with Gasteiger partial charge in [-0.05, 0) is 80.7 Å².